The number of nitrogens with one attached hydrogen (secondary N) is 2. The first kappa shape index (κ1) is 18.8. The molecule has 8 heteroatoms. The third-order valence-electron chi connectivity index (χ3n) is 5.00. The van der Waals surface area contributed by atoms with Crippen LogP contribution in [-0.4, -0.2) is 27.1 Å². The van der Waals surface area contributed by atoms with Crippen molar-refractivity contribution in [1.29, 1.82) is 0 Å². The van der Waals surface area contributed by atoms with Gasteiger partial charge in [0.1, 0.15) is 5.75 Å². The lowest BCUT2D eigenvalue weighted by atomic mass is 10.2. The van der Waals surface area contributed by atoms with Crippen LogP contribution in [-0.2, 0) is 22.7 Å². The zero-order chi connectivity index (χ0) is 20.5. The molecule has 2 N–H and O–H groups in total. The van der Waals surface area contributed by atoms with Gasteiger partial charge in [0.25, 0.3) is 5.91 Å². The number of aryl methyl sites for hydroxylation is 2. The molecule has 0 aliphatic carbocycles. The summed E-state index contributed by atoms with van der Waals surface area (Å²) in [6.07, 6.45) is -0.402. The number of para-hydroxylation sites is 2. The highest BCUT2D eigenvalue weighted by molar-refractivity contribution is 5.99. The fourth-order valence-corrected chi connectivity index (χ4v) is 3.52. The molecule has 2 heterocycles. The van der Waals surface area contributed by atoms with Gasteiger partial charge in [0.2, 0.25) is 5.91 Å². The van der Waals surface area contributed by atoms with Gasteiger partial charge in [0.15, 0.2) is 6.10 Å². The van der Waals surface area contributed by atoms with E-state index in [9.17, 15) is 14.4 Å². The average Bonchev–Trinajstić information content (AvgIpc) is 2.98. The standard InChI is InChI=1S/C21H22N4O4/c1-3-24-16-6-4-5-7-17(16)25(21(24)28)11-10-19(26)22-14-8-9-18-15(12-14)23-20(27)13(2)29-18/h4-9,12-13H,3,10-11H2,1-2H3,(H,22,26)(H,23,27). The topological polar surface area (TPSA) is 94.4 Å². The number of benzene rings is 2. The van der Waals surface area contributed by atoms with Crippen LogP contribution in [0.5, 0.6) is 5.75 Å². The van der Waals surface area contributed by atoms with E-state index in [1.165, 1.54) is 0 Å². The number of nitrogens with zero attached hydrogens (tertiary/aromatic N) is 2. The van der Waals surface area contributed by atoms with E-state index in [2.05, 4.69) is 10.6 Å². The van der Waals surface area contributed by atoms with E-state index in [0.29, 0.717) is 23.7 Å². The molecule has 8 nitrogen and oxygen atoms in total. The Balaban J connectivity index is 1.47. The second kappa shape index (κ2) is 7.46. The number of hydrogen-bond acceptors (Lipinski definition) is 4. The summed E-state index contributed by atoms with van der Waals surface area (Å²) in [4.78, 5) is 36.8. The van der Waals surface area contributed by atoms with E-state index >= 15 is 0 Å². The van der Waals surface area contributed by atoms with Crippen molar-refractivity contribution in [2.75, 3.05) is 10.6 Å². The number of aromatic nitrogens is 2. The first-order valence-electron chi connectivity index (χ1n) is 9.57. The van der Waals surface area contributed by atoms with E-state index in [1.807, 2.05) is 31.2 Å². The van der Waals surface area contributed by atoms with E-state index < -0.39 is 6.10 Å². The Kier molecular flexibility index (Phi) is 4.84. The van der Waals surface area contributed by atoms with Crippen LogP contribution >= 0.6 is 0 Å². The summed E-state index contributed by atoms with van der Waals surface area (Å²) in [7, 11) is 0. The van der Waals surface area contributed by atoms with Gasteiger partial charge in [-0.25, -0.2) is 4.79 Å². The molecule has 2 aromatic carbocycles. The smallest absolute Gasteiger partial charge is 0.329 e. The summed E-state index contributed by atoms with van der Waals surface area (Å²) in [5.74, 6) is 0.114. The van der Waals surface area contributed by atoms with Crippen molar-refractivity contribution in [1.82, 2.24) is 9.13 Å². The molecule has 1 aliphatic heterocycles. The Labute approximate surface area is 167 Å². The van der Waals surface area contributed by atoms with Crippen molar-refractivity contribution in [2.24, 2.45) is 0 Å². The molecule has 0 radical (unpaired) electrons. The van der Waals surface area contributed by atoms with Crippen LogP contribution in [0, 0.1) is 0 Å². The SMILES string of the molecule is CCn1c(=O)n(CCC(=O)Nc2ccc3c(c2)NC(=O)C(C)O3)c2ccccc21. The van der Waals surface area contributed by atoms with Crippen molar-refractivity contribution < 1.29 is 14.3 Å². The van der Waals surface area contributed by atoms with E-state index in [-0.39, 0.29) is 30.5 Å². The monoisotopic (exact) mass is 394 g/mol. The van der Waals surface area contributed by atoms with Crippen LogP contribution in [0.3, 0.4) is 0 Å². The molecule has 3 aromatic rings. The van der Waals surface area contributed by atoms with Gasteiger partial charge in [0, 0.05) is 25.2 Å². The molecule has 1 aliphatic rings. The maximum atomic E-state index is 12.6. The fraction of sp³-hybridized carbons (Fsp3) is 0.286. The lowest BCUT2D eigenvalue weighted by molar-refractivity contribution is -0.122. The molecule has 1 aromatic heterocycles. The number of fused-ring (bicyclic) bond motifs is 2. The van der Waals surface area contributed by atoms with Gasteiger partial charge in [-0.2, -0.15) is 0 Å². The van der Waals surface area contributed by atoms with Crippen molar-refractivity contribution in [3.63, 3.8) is 0 Å². The van der Waals surface area contributed by atoms with Crippen molar-refractivity contribution in [2.45, 2.75) is 39.5 Å². The van der Waals surface area contributed by atoms with Gasteiger partial charge < -0.3 is 15.4 Å². The second-order valence-electron chi connectivity index (χ2n) is 6.93. The average molecular weight is 394 g/mol. The number of amides is 2. The number of imidazole rings is 1. The van der Waals surface area contributed by atoms with Crippen LogP contribution in [0.15, 0.2) is 47.3 Å². The Morgan fingerprint density at radius 3 is 2.59 bits per heavy atom. The van der Waals surface area contributed by atoms with Crippen LogP contribution in [0.1, 0.15) is 20.3 Å². The minimum Gasteiger partial charge on any atom is -0.479 e. The molecule has 29 heavy (non-hydrogen) atoms. The molecule has 0 spiro atoms. The quantitative estimate of drug-likeness (QED) is 0.695. The van der Waals surface area contributed by atoms with Gasteiger partial charge in [-0.3, -0.25) is 18.7 Å². The Morgan fingerprint density at radius 2 is 1.86 bits per heavy atom. The second-order valence-corrected chi connectivity index (χ2v) is 6.93. The third-order valence-corrected chi connectivity index (χ3v) is 5.00. The number of ether oxygens (including phenoxy) is 1. The first-order chi connectivity index (χ1) is 14.0. The molecule has 4 rings (SSSR count). The molecule has 0 fully saturated rings. The van der Waals surface area contributed by atoms with Crippen LogP contribution < -0.4 is 21.1 Å². The number of rotatable bonds is 5. The van der Waals surface area contributed by atoms with Crippen molar-refractivity contribution >= 4 is 34.2 Å². The fourth-order valence-electron chi connectivity index (χ4n) is 3.52. The first-order valence-corrected chi connectivity index (χ1v) is 9.57. The molecule has 0 saturated heterocycles. The molecule has 0 saturated carbocycles. The summed E-state index contributed by atoms with van der Waals surface area (Å²) in [5, 5.41) is 5.56. The van der Waals surface area contributed by atoms with Gasteiger partial charge in [-0.05, 0) is 44.2 Å². The summed E-state index contributed by atoms with van der Waals surface area (Å²) >= 11 is 0. The zero-order valence-corrected chi connectivity index (χ0v) is 16.3. The highest BCUT2D eigenvalue weighted by Crippen LogP contribution is 2.32. The largest absolute Gasteiger partial charge is 0.479 e. The van der Waals surface area contributed by atoms with Gasteiger partial charge in [0.05, 0.1) is 16.7 Å². The van der Waals surface area contributed by atoms with Crippen molar-refractivity contribution in [3.05, 3.63) is 52.9 Å². The van der Waals surface area contributed by atoms with E-state index in [1.54, 1.807) is 34.3 Å². The van der Waals surface area contributed by atoms with Gasteiger partial charge >= 0.3 is 5.69 Å². The lowest BCUT2D eigenvalue weighted by Gasteiger charge is -2.23. The number of carbonyl (C=O) groups excluding carboxylic acids is 2. The normalized spacial score (nSPS) is 15.5. The number of carbonyl (C=O) groups is 2. The predicted octanol–water partition coefficient (Wildman–Crippen LogP) is 2.57. The summed E-state index contributed by atoms with van der Waals surface area (Å²) in [6, 6.07) is 12.6. The van der Waals surface area contributed by atoms with Crippen LogP contribution in [0.4, 0.5) is 11.4 Å². The highest BCUT2D eigenvalue weighted by atomic mass is 16.5. The molecular formula is C21H22N4O4. The Bertz CT molecular complexity index is 1160. The van der Waals surface area contributed by atoms with Gasteiger partial charge in [-0.15, -0.1) is 0 Å². The number of hydrogen-bond donors (Lipinski definition) is 2. The molecule has 0 bridgehead atoms. The molecule has 1 atom stereocenters. The zero-order valence-electron chi connectivity index (χ0n) is 16.3. The highest BCUT2D eigenvalue weighted by Gasteiger charge is 2.23. The molecule has 1 unspecified atom stereocenters. The predicted molar refractivity (Wildman–Crippen MR) is 110 cm³/mol. The molecule has 150 valence electrons. The minimum atomic E-state index is -0.550. The van der Waals surface area contributed by atoms with E-state index in [4.69, 9.17) is 4.74 Å². The van der Waals surface area contributed by atoms with E-state index in [0.717, 1.165) is 11.0 Å². The Hall–Kier alpha value is -3.55. The van der Waals surface area contributed by atoms with Crippen molar-refractivity contribution in [3.8, 4) is 5.75 Å². The summed E-state index contributed by atoms with van der Waals surface area (Å²) in [5.41, 5.74) is 2.63. The lowest BCUT2D eigenvalue weighted by Crippen LogP contribution is -2.34. The van der Waals surface area contributed by atoms with Crippen LogP contribution in [0.2, 0.25) is 0 Å². The van der Waals surface area contributed by atoms with Gasteiger partial charge in [-0.1, -0.05) is 12.1 Å². The minimum absolute atomic E-state index is 0.121. The third kappa shape index (κ3) is 3.49. The summed E-state index contributed by atoms with van der Waals surface area (Å²) in [6.45, 7) is 4.44. The Morgan fingerprint density at radius 1 is 1.14 bits per heavy atom. The maximum absolute atomic E-state index is 12.6. The van der Waals surface area contributed by atoms with Crippen LogP contribution in [0.25, 0.3) is 11.0 Å². The molecule has 2 amide bonds. The maximum Gasteiger partial charge on any atom is 0.329 e. The molecular weight excluding hydrogens is 372 g/mol. The summed E-state index contributed by atoms with van der Waals surface area (Å²) < 4.78 is 8.83. The number of anilines is 2.